The molecule has 0 aliphatic carbocycles. The fraction of sp³-hybridized carbons (Fsp3) is 0.312. The number of amides is 2. The monoisotopic (exact) mass is 308 g/mol. The number of nitrogens with zero attached hydrogens (tertiary/aromatic N) is 1. The predicted octanol–water partition coefficient (Wildman–Crippen LogP) is 3.85. The summed E-state index contributed by atoms with van der Waals surface area (Å²) in [4.78, 5) is 13.8. The second kappa shape index (κ2) is 7.06. The second-order valence-electron chi connectivity index (χ2n) is 4.98. The minimum absolute atomic E-state index is 0.245. The SMILES string of the molecule is CCN(Cc1ccoc1)C(=O)N[C@@H](C)c1ccc(F)cc1F. The normalized spacial score (nSPS) is 12.0. The summed E-state index contributed by atoms with van der Waals surface area (Å²) in [6.07, 6.45) is 3.11. The highest BCUT2D eigenvalue weighted by Gasteiger charge is 2.18. The first-order valence-corrected chi connectivity index (χ1v) is 7.02. The zero-order chi connectivity index (χ0) is 16.1. The molecule has 22 heavy (non-hydrogen) atoms. The average molecular weight is 308 g/mol. The largest absolute Gasteiger partial charge is 0.472 e. The Balaban J connectivity index is 2.02. The molecule has 118 valence electrons. The highest BCUT2D eigenvalue weighted by atomic mass is 19.1. The third-order valence-electron chi connectivity index (χ3n) is 3.39. The fourth-order valence-electron chi connectivity index (χ4n) is 2.14. The van der Waals surface area contributed by atoms with Gasteiger partial charge in [0.1, 0.15) is 11.6 Å². The smallest absolute Gasteiger partial charge is 0.318 e. The summed E-state index contributed by atoms with van der Waals surface area (Å²) in [6.45, 7) is 4.40. The molecule has 1 aromatic heterocycles. The van der Waals surface area contributed by atoms with Crippen LogP contribution >= 0.6 is 0 Å². The molecule has 2 aromatic rings. The maximum absolute atomic E-state index is 13.7. The molecule has 0 radical (unpaired) electrons. The highest BCUT2D eigenvalue weighted by molar-refractivity contribution is 5.74. The van der Waals surface area contributed by atoms with Crippen molar-refractivity contribution in [2.24, 2.45) is 0 Å². The van der Waals surface area contributed by atoms with Crippen molar-refractivity contribution in [3.63, 3.8) is 0 Å². The number of urea groups is 1. The molecular weight excluding hydrogens is 290 g/mol. The number of furan rings is 1. The molecule has 0 saturated heterocycles. The molecule has 0 aliphatic heterocycles. The molecule has 0 unspecified atom stereocenters. The first-order chi connectivity index (χ1) is 10.5. The van der Waals surface area contributed by atoms with E-state index in [0.717, 1.165) is 11.6 Å². The van der Waals surface area contributed by atoms with E-state index in [9.17, 15) is 13.6 Å². The van der Waals surface area contributed by atoms with Crippen molar-refractivity contribution in [3.05, 3.63) is 59.6 Å². The van der Waals surface area contributed by atoms with Crippen LogP contribution in [0.3, 0.4) is 0 Å². The summed E-state index contributed by atoms with van der Waals surface area (Å²) >= 11 is 0. The maximum Gasteiger partial charge on any atom is 0.318 e. The molecule has 6 heteroatoms. The van der Waals surface area contributed by atoms with Gasteiger partial charge in [0.05, 0.1) is 25.1 Å². The third-order valence-corrected chi connectivity index (χ3v) is 3.39. The Morgan fingerprint density at radius 1 is 1.36 bits per heavy atom. The number of halogens is 2. The molecule has 1 heterocycles. The van der Waals surface area contributed by atoms with Crippen molar-refractivity contribution in [2.75, 3.05) is 6.54 Å². The molecule has 0 spiro atoms. The quantitative estimate of drug-likeness (QED) is 0.912. The van der Waals surface area contributed by atoms with Gasteiger partial charge in [-0.25, -0.2) is 13.6 Å². The van der Waals surface area contributed by atoms with Gasteiger partial charge in [-0.1, -0.05) is 6.07 Å². The van der Waals surface area contributed by atoms with Gasteiger partial charge in [-0.3, -0.25) is 0 Å². The molecule has 0 fully saturated rings. The summed E-state index contributed by atoms with van der Waals surface area (Å²) in [5.41, 5.74) is 1.12. The van der Waals surface area contributed by atoms with Gasteiger partial charge in [-0.15, -0.1) is 0 Å². The third kappa shape index (κ3) is 3.84. The number of carbonyl (C=O) groups is 1. The lowest BCUT2D eigenvalue weighted by Gasteiger charge is -2.24. The van der Waals surface area contributed by atoms with Crippen molar-refractivity contribution in [2.45, 2.75) is 26.4 Å². The Kier molecular flexibility index (Phi) is 5.14. The van der Waals surface area contributed by atoms with Crippen LogP contribution in [0.4, 0.5) is 13.6 Å². The van der Waals surface area contributed by atoms with E-state index in [-0.39, 0.29) is 11.6 Å². The van der Waals surface area contributed by atoms with Crippen LogP contribution in [-0.4, -0.2) is 17.5 Å². The Bertz CT molecular complexity index is 629. The number of rotatable bonds is 5. The Hall–Kier alpha value is -2.37. The molecule has 0 bridgehead atoms. The summed E-state index contributed by atoms with van der Waals surface area (Å²) < 4.78 is 31.6. The Morgan fingerprint density at radius 2 is 2.14 bits per heavy atom. The average Bonchev–Trinajstić information content (AvgIpc) is 2.97. The van der Waals surface area contributed by atoms with Crippen LogP contribution < -0.4 is 5.32 Å². The van der Waals surface area contributed by atoms with E-state index in [1.54, 1.807) is 24.2 Å². The molecule has 1 aromatic carbocycles. The summed E-state index contributed by atoms with van der Waals surface area (Å²) in [5, 5.41) is 2.71. The Labute approximate surface area is 127 Å². The minimum atomic E-state index is -0.675. The molecule has 0 aliphatic rings. The van der Waals surface area contributed by atoms with Crippen molar-refractivity contribution in [1.29, 1.82) is 0 Å². The van der Waals surface area contributed by atoms with Gasteiger partial charge in [-0.05, 0) is 26.0 Å². The van der Waals surface area contributed by atoms with Gasteiger partial charge in [0.25, 0.3) is 0 Å². The van der Waals surface area contributed by atoms with Crippen LogP contribution in [-0.2, 0) is 6.54 Å². The van der Waals surface area contributed by atoms with Crippen LogP contribution in [0.2, 0.25) is 0 Å². The number of nitrogens with one attached hydrogen (secondary N) is 1. The maximum atomic E-state index is 13.7. The van der Waals surface area contributed by atoms with E-state index < -0.39 is 17.7 Å². The molecule has 2 amide bonds. The van der Waals surface area contributed by atoms with Crippen molar-refractivity contribution in [1.82, 2.24) is 10.2 Å². The van der Waals surface area contributed by atoms with E-state index >= 15 is 0 Å². The summed E-state index contributed by atoms with van der Waals surface area (Å²) in [6, 6.07) is 4.21. The molecule has 4 nitrogen and oxygen atoms in total. The lowest BCUT2D eigenvalue weighted by Crippen LogP contribution is -2.40. The van der Waals surface area contributed by atoms with E-state index in [4.69, 9.17) is 4.42 Å². The van der Waals surface area contributed by atoms with E-state index in [2.05, 4.69) is 5.32 Å². The summed E-state index contributed by atoms with van der Waals surface area (Å²) in [7, 11) is 0. The second-order valence-corrected chi connectivity index (χ2v) is 4.98. The topological polar surface area (TPSA) is 45.5 Å². The molecule has 2 rings (SSSR count). The fourth-order valence-corrected chi connectivity index (χ4v) is 2.14. The number of benzene rings is 1. The van der Waals surface area contributed by atoms with Gasteiger partial charge in [0.15, 0.2) is 0 Å². The first-order valence-electron chi connectivity index (χ1n) is 7.02. The number of hydrogen-bond acceptors (Lipinski definition) is 2. The van der Waals surface area contributed by atoms with Gasteiger partial charge >= 0.3 is 6.03 Å². The molecular formula is C16H18F2N2O2. The number of hydrogen-bond donors (Lipinski definition) is 1. The van der Waals surface area contributed by atoms with Crippen LogP contribution in [0.5, 0.6) is 0 Å². The standard InChI is InChI=1S/C16H18F2N2O2/c1-3-20(9-12-6-7-22-10-12)16(21)19-11(2)14-5-4-13(17)8-15(14)18/h4-8,10-11H,3,9H2,1-2H3,(H,19,21)/t11-/m0/s1. The van der Waals surface area contributed by atoms with Gasteiger partial charge < -0.3 is 14.6 Å². The van der Waals surface area contributed by atoms with Crippen LogP contribution in [0.15, 0.2) is 41.2 Å². The van der Waals surface area contributed by atoms with Crippen molar-refractivity contribution >= 4 is 6.03 Å². The van der Waals surface area contributed by atoms with Crippen LogP contribution in [0.25, 0.3) is 0 Å². The van der Waals surface area contributed by atoms with Crippen LogP contribution in [0, 0.1) is 11.6 Å². The molecule has 1 atom stereocenters. The van der Waals surface area contributed by atoms with Crippen molar-refractivity contribution in [3.8, 4) is 0 Å². The zero-order valence-electron chi connectivity index (χ0n) is 12.5. The first kappa shape index (κ1) is 16.0. The van der Waals surface area contributed by atoms with E-state index in [1.165, 1.54) is 18.4 Å². The van der Waals surface area contributed by atoms with Gasteiger partial charge in [0.2, 0.25) is 0 Å². The van der Waals surface area contributed by atoms with Gasteiger partial charge in [-0.2, -0.15) is 0 Å². The molecule has 1 N–H and O–H groups in total. The van der Waals surface area contributed by atoms with Gasteiger partial charge in [0, 0.05) is 23.7 Å². The number of carbonyl (C=O) groups excluding carboxylic acids is 1. The summed E-state index contributed by atoms with van der Waals surface area (Å²) in [5.74, 6) is -1.32. The van der Waals surface area contributed by atoms with Crippen molar-refractivity contribution < 1.29 is 18.0 Å². The van der Waals surface area contributed by atoms with E-state index in [1.807, 2.05) is 6.92 Å². The lowest BCUT2D eigenvalue weighted by molar-refractivity contribution is 0.194. The van der Waals surface area contributed by atoms with E-state index in [0.29, 0.717) is 13.1 Å². The van der Waals surface area contributed by atoms with Crippen LogP contribution in [0.1, 0.15) is 31.0 Å². The predicted molar refractivity (Wildman–Crippen MR) is 78.1 cm³/mol. The minimum Gasteiger partial charge on any atom is -0.472 e. The Morgan fingerprint density at radius 3 is 2.73 bits per heavy atom. The zero-order valence-corrected chi connectivity index (χ0v) is 12.5. The lowest BCUT2D eigenvalue weighted by atomic mass is 10.1. The molecule has 0 saturated carbocycles. The highest BCUT2D eigenvalue weighted by Crippen LogP contribution is 2.18.